The van der Waals surface area contributed by atoms with Crippen LogP contribution in [-0.4, -0.2) is 25.1 Å². The van der Waals surface area contributed by atoms with Gasteiger partial charge in [0, 0.05) is 0 Å². The highest BCUT2D eigenvalue weighted by Gasteiger charge is 2.19. The first kappa shape index (κ1) is 18.3. The van der Waals surface area contributed by atoms with Crippen molar-refractivity contribution in [2.45, 2.75) is 13.0 Å². The molecule has 1 amide bonds. The third kappa shape index (κ3) is 4.28. The molecule has 0 aliphatic rings. The number of amides is 1. The molecule has 0 aliphatic carbocycles. The Morgan fingerprint density at radius 1 is 1.00 bits per heavy atom. The fraction of sp³-hybridized carbons (Fsp3) is 0.176. The van der Waals surface area contributed by atoms with Crippen LogP contribution in [0.4, 0.5) is 18.9 Å². The van der Waals surface area contributed by atoms with Crippen molar-refractivity contribution in [3.63, 3.8) is 0 Å². The number of hydrogen-bond donors (Lipinski definition) is 1. The smallest absolute Gasteiger partial charge is 0.337 e. The van der Waals surface area contributed by atoms with Crippen LogP contribution in [0, 0.1) is 17.5 Å². The van der Waals surface area contributed by atoms with Gasteiger partial charge >= 0.3 is 5.97 Å². The normalized spacial score (nSPS) is 11.6. The molecule has 0 heterocycles. The van der Waals surface area contributed by atoms with E-state index < -0.39 is 41.1 Å². The topological polar surface area (TPSA) is 64.6 Å². The summed E-state index contributed by atoms with van der Waals surface area (Å²) < 4.78 is 49.5. The molecule has 2 aromatic carbocycles. The summed E-state index contributed by atoms with van der Waals surface area (Å²) in [5.41, 5.74) is -0.198. The number of carbonyl (C=O) groups is 2. The van der Waals surface area contributed by atoms with Crippen molar-refractivity contribution in [2.24, 2.45) is 0 Å². The van der Waals surface area contributed by atoms with Crippen molar-refractivity contribution in [1.29, 1.82) is 0 Å². The van der Waals surface area contributed by atoms with Crippen LogP contribution in [0.2, 0.25) is 0 Å². The molecule has 5 nitrogen and oxygen atoms in total. The monoisotopic (exact) mass is 353 g/mol. The summed E-state index contributed by atoms with van der Waals surface area (Å²) >= 11 is 0. The first-order valence-corrected chi connectivity index (χ1v) is 7.13. The molecule has 0 unspecified atom stereocenters. The lowest BCUT2D eigenvalue weighted by Gasteiger charge is -2.15. The van der Waals surface area contributed by atoms with Crippen LogP contribution in [0.5, 0.6) is 5.75 Å². The third-order valence-corrected chi connectivity index (χ3v) is 3.25. The van der Waals surface area contributed by atoms with Crippen LogP contribution in [-0.2, 0) is 9.53 Å². The van der Waals surface area contributed by atoms with Crippen molar-refractivity contribution < 1.29 is 32.2 Å². The molecule has 25 heavy (non-hydrogen) atoms. The molecule has 0 aliphatic heterocycles. The van der Waals surface area contributed by atoms with E-state index in [2.05, 4.69) is 10.1 Å². The lowest BCUT2D eigenvalue weighted by Crippen LogP contribution is -2.30. The number of esters is 1. The maximum absolute atomic E-state index is 13.6. The minimum Gasteiger partial charge on any atom is -0.481 e. The van der Waals surface area contributed by atoms with E-state index in [1.165, 1.54) is 38.3 Å². The number of methoxy groups -OCH3 is 1. The molecule has 0 saturated heterocycles. The van der Waals surface area contributed by atoms with Gasteiger partial charge in [-0.15, -0.1) is 0 Å². The van der Waals surface area contributed by atoms with Crippen LogP contribution >= 0.6 is 0 Å². The lowest BCUT2D eigenvalue weighted by molar-refractivity contribution is -0.122. The van der Waals surface area contributed by atoms with Crippen LogP contribution in [0.15, 0.2) is 36.4 Å². The quantitative estimate of drug-likeness (QED) is 0.662. The molecule has 2 rings (SSSR count). The molecule has 0 spiro atoms. The zero-order valence-electron chi connectivity index (χ0n) is 13.3. The summed E-state index contributed by atoms with van der Waals surface area (Å²) in [6.45, 7) is 1.39. The Balaban J connectivity index is 2.03. The second kappa shape index (κ2) is 7.69. The Hall–Kier alpha value is -3.03. The number of carbonyl (C=O) groups excluding carboxylic acids is 2. The number of anilines is 1. The van der Waals surface area contributed by atoms with E-state index in [0.717, 1.165) is 6.07 Å². The number of benzene rings is 2. The molecule has 1 atom stereocenters. The Labute approximate surface area is 141 Å². The first-order valence-electron chi connectivity index (χ1n) is 7.13. The van der Waals surface area contributed by atoms with Gasteiger partial charge in [0.2, 0.25) is 0 Å². The Morgan fingerprint density at radius 3 is 2.24 bits per heavy atom. The fourth-order valence-corrected chi connectivity index (χ4v) is 1.90. The number of ether oxygens (including phenoxy) is 2. The molecule has 0 aromatic heterocycles. The van der Waals surface area contributed by atoms with E-state index in [1.807, 2.05) is 0 Å². The fourth-order valence-electron chi connectivity index (χ4n) is 1.90. The van der Waals surface area contributed by atoms with Crippen molar-refractivity contribution in [1.82, 2.24) is 0 Å². The van der Waals surface area contributed by atoms with E-state index in [1.54, 1.807) is 0 Å². The van der Waals surface area contributed by atoms with Gasteiger partial charge in [-0.2, -0.15) is 0 Å². The summed E-state index contributed by atoms with van der Waals surface area (Å²) in [4.78, 5) is 23.3. The van der Waals surface area contributed by atoms with Crippen LogP contribution in [0.3, 0.4) is 0 Å². The largest absolute Gasteiger partial charge is 0.481 e. The maximum atomic E-state index is 13.6. The van der Waals surface area contributed by atoms with Gasteiger partial charge in [0.15, 0.2) is 23.6 Å². The van der Waals surface area contributed by atoms with E-state index in [-0.39, 0.29) is 5.75 Å². The minimum absolute atomic E-state index is 0.279. The molecule has 132 valence electrons. The molecule has 0 bridgehead atoms. The Bertz CT molecular complexity index is 793. The van der Waals surface area contributed by atoms with Crippen LogP contribution < -0.4 is 10.1 Å². The molecular formula is C17H14F3NO4. The second-order valence-corrected chi connectivity index (χ2v) is 4.99. The van der Waals surface area contributed by atoms with Gasteiger partial charge in [-0.3, -0.25) is 4.79 Å². The molecule has 8 heteroatoms. The number of halogens is 3. The van der Waals surface area contributed by atoms with E-state index in [4.69, 9.17) is 4.74 Å². The Kier molecular flexibility index (Phi) is 5.63. The predicted octanol–water partition coefficient (Wildman–Crippen LogP) is 3.30. The van der Waals surface area contributed by atoms with Gasteiger partial charge in [-0.1, -0.05) is 0 Å². The molecule has 1 N–H and O–H groups in total. The van der Waals surface area contributed by atoms with Crippen molar-refractivity contribution in [2.75, 3.05) is 12.4 Å². The SMILES string of the molecule is COC(=O)c1ccc(O[C@@H](C)C(=O)Nc2ccc(F)c(F)c2F)cc1. The predicted molar refractivity (Wildman–Crippen MR) is 82.8 cm³/mol. The van der Waals surface area contributed by atoms with Crippen molar-refractivity contribution in [3.8, 4) is 5.75 Å². The lowest BCUT2D eigenvalue weighted by atomic mass is 10.2. The van der Waals surface area contributed by atoms with Crippen LogP contribution in [0.25, 0.3) is 0 Å². The van der Waals surface area contributed by atoms with Gasteiger partial charge in [0.05, 0.1) is 18.4 Å². The van der Waals surface area contributed by atoms with E-state index >= 15 is 0 Å². The second-order valence-electron chi connectivity index (χ2n) is 4.99. The van der Waals surface area contributed by atoms with Crippen LogP contribution in [0.1, 0.15) is 17.3 Å². The molecule has 0 radical (unpaired) electrons. The maximum Gasteiger partial charge on any atom is 0.337 e. The number of nitrogens with one attached hydrogen (secondary N) is 1. The standard InChI is InChI=1S/C17H14F3NO4/c1-9(25-11-5-3-10(4-6-11)17(23)24-2)16(22)21-13-8-7-12(18)14(19)15(13)20/h3-9H,1-2H3,(H,21,22)/t9-/m0/s1. The first-order chi connectivity index (χ1) is 11.8. The molecule has 0 fully saturated rings. The average Bonchev–Trinajstić information content (AvgIpc) is 2.62. The summed E-state index contributed by atoms with van der Waals surface area (Å²) in [6.07, 6.45) is -1.06. The summed E-state index contributed by atoms with van der Waals surface area (Å²) in [6, 6.07) is 7.40. The van der Waals surface area contributed by atoms with E-state index in [0.29, 0.717) is 11.6 Å². The molecular weight excluding hydrogens is 339 g/mol. The summed E-state index contributed by atoms with van der Waals surface area (Å²) in [5.74, 6) is -5.53. The molecule has 2 aromatic rings. The third-order valence-electron chi connectivity index (χ3n) is 3.25. The zero-order valence-corrected chi connectivity index (χ0v) is 13.3. The zero-order chi connectivity index (χ0) is 18.6. The van der Waals surface area contributed by atoms with Gasteiger partial charge in [-0.25, -0.2) is 18.0 Å². The van der Waals surface area contributed by atoms with Gasteiger partial charge in [-0.05, 0) is 43.3 Å². The van der Waals surface area contributed by atoms with Gasteiger partial charge < -0.3 is 14.8 Å². The number of rotatable bonds is 5. The minimum atomic E-state index is -1.68. The Morgan fingerprint density at radius 2 is 1.64 bits per heavy atom. The van der Waals surface area contributed by atoms with Crippen molar-refractivity contribution >= 4 is 17.6 Å². The molecule has 0 saturated carbocycles. The summed E-state index contributed by atoms with van der Waals surface area (Å²) in [5, 5.41) is 2.12. The average molecular weight is 353 g/mol. The van der Waals surface area contributed by atoms with E-state index in [9.17, 15) is 22.8 Å². The highest BCUT2D eigenvalue weighted by molar-refractivity contribution is 5.94. The van der Waals surface area contributed by atoms with Gasteiger partial charge in [0.1, 0.15) is 5.75 Å². The van der Waals surface area contributed by atoms with Crippen molar-refractivity contribution in [3.05, 3.63) is 59.4 Å². The summed E-state index contributed by atoms with van der Waals surface area (Å²) in [7, 11) is 1.25. The number of hydrogen-bond acceptors (Lipinski definition) is 4. The highest BCUT2D eigenvalue weighted by atomic mass is 19.2. The van der Waals surface area contributed by atoms with Gasteiger partial charge in [0.25, 0.3) is 5.91 Å². The highest BCUT2D eigenvalue weighted by Crippen LogP contribution is 2.20.